The molecule has 80 valence electrons. The van der Waals surface area contributed by atoms with Crippen molar-refractivity contribution in [3.63, 3.8) is 0 Å². The van der Waals surface area contributed by atoms with Gasteiger partial charge in [-0.1, -0.05) is 47.3 Å². The van der Waals surface area contributed by atoms with Gasteiger partial charge < -0.3 is 0 Å². The molecular formula is C13H23P. The van der Waals surface area contributed by atoms with Crippen LogP contribution in [0.4, 0.5) is 0 Å². The Balaban J connectivity index is 1.87. The molecule has 0 nitrogen and oxygen atoms in total. The lowest BCUT2D eigenvalue weighted by Crippen LogP contribution is -2.30. The van der Waals surface area contributed by atoms with Crippen molar-refractivity contribution >= 4 is 7.92 Å². The highest BCUT2D eigenvalue weighted by Gasteiger charge is 2.40. The van der Waals surface area contributed by atoms with Gasteiger partial charge >= 0.3 is 0 Å². The van der Waals surface area contributed by atoms with Crippen LogP contribution in [-0.4, -0.2) is 17.0 Å². The molecule has 0 spiro atoms. The summed E-state index contributed by atoms with van der Waals surface area (Å²) in [5.41, 5.74) is 3.09. The van der Waals surface area contributed by atoms with Crippen molar-refractivity contribution in [2.24, 2.45) is 5.92 Å². The highest BCUT2D eigenvalue weighted by atomic mass is 31.1. The molecular weight excluding hydrogens is 187 g/mol. The molecule has 14 heavy (non-hydrogen) atoms. The van der Waals surface area contributed by atoms with Gasteiger partial charge in [0.25, 0.3) is 0 Å². The van der Waals surface area contributed by atoms with E-state index in [1.807, 2.05) is 0 Å². The third-order valence-electron chi connectivity index (χ3n) is 3.89. The first-order valence-electron chi connectivity index (χ1n) is 6.18. The molecule has 1 heteroatoms. The molecule has 0 aromatic carbocycles. The Morgan fingerprint density at radius 2 is 1.86 bits per heavy atom. The van der Waals surface area contributed by atoms with Crippen LogP contribution in [0.5, 0.6) is 0 Å². The SMILES string of the molecule is CCCC1C=C[C@H](P2[C@@H](C)C[C@@H]2C)C1. The fraction of sp³-hybridized carbons (Fsp3) is 0.846. The van der Waals surface area contributed by atoms with Gasteiger partial charge in [-0.3, -0.25) is 0 Å². The molecule has 2 rings (SSSR count). The minimum Gasteiger partial charge on any atom is -0.0938 e. The molecule has 1 unspecified atom stereocenters. The normalized spacial score (nSPS) is 42.8. The standard InChI is InChI=1S/C13H23P/c1-4-5-12-6-7-13(9-12)14-10(2)8-11(14)3/h6-7,10-13H,4-5,8-9H2,1-3H3/t10-,11-,12?,13-/m0/s1. The van der Waals surface area contributed by atoms with E-state index in [1.54, 1.807) is 0 Å². The van der Waals surface area contributed by atoms with Crippen LogP contribution < -0.4 is 0 Å². The molecule has 4 atom stereocenters. The summed E-state index contributed by atoms with van der Waals surface area (Å²) in [6, 6.07) is 0. The molecule has 1 aliphatic carbocycles. The predicted octanol–water partition coefficient (Wildman–Crippen LogP) is 4.39. The molecule has 1 fully saturated rings. The van der Waals surface area contributed by atoms with Crippen LogP contribution in [0.1, 0.15) is 46.5 Å². The van der Waals surface area contributed by atoms with Gasteiger partial charge in [0, 0.05) is 0 Å². The van der Waals surface area contributed by atoms with E-state index in [0.29, 0.717) is 7.92 Å². The first-order chi connectivity index (χ1) is 6.72. The van der Waals surface area contributed by atoms with Crippen molar-refractivity contribution in [1.29, 1.82) is 0 Å². The molecule has 2 aliphatic rings. The Hall–Kier alpha value is 0.170. The van der Waals surface area contributed by atoms with Gasteiger partial charge in [0.05, 0.1) is 0 Å². The lowest BCUT2D eigenvalue weighted by Gasteiger charge is -2.45. The number of rotatable bonds is 3. The molecule has 0 aromatic heterocycles. The highest BCUT2D eigenvalue weighted by molar-refractivity contribution is 7.61. The number of hydrogen-bond acceptors (Lipinski definition) is 0. The van der Waals surface area contributed by atoms with Gasteiger partial charge in [-0.05, 0) is 42.2 Å². The largest absolute Gasteiger partial charge is 0.0938 e. The van der Waals surface area contributed by atoms with E-state index in [-0.39, 0.29) is 0 Å². The van der Waals surface area contributed by atoms with Crippen LogP contribution in [-0.2, 0) is 0 Å². The minimum atomic E-state index is 0.354. The van der Waals surface area contributed by atoms with Crippen molar-refractivity contribution in [2.75, 3.05) is 0 Å². The zero-order chi connectivity index (χ0) is 10.1. The molecule has 0 aromatic rings. The van der Waals surface area contributed by atoms with E-state index >= 15 is 0 Å². The second-order valence-electron chi connectivity index (χ2n) is 5.12. The highest BCUT2D eigenvalue weighted by Crippen LogP contribution is 2.64. The molecule has 0 radical (unpaired) electrons. The maximum atomic E-state index is 2.55. The number of allylic oxidation sites excluding steroid dienone is 2. The third kappa shape index (κ3) is 1.91. The average molecular weight is 210 g/mol. The summed E-state index contributed by atoms with van der Waals surface area (Å²) >= 11 is 0. The predicted molar refractivity (Wildman–Crippen MR) is 66.4 cm³/mol. The van der Waals surface area contributed by atoms with E-state index in [0.717, 1.165) is 22.9 Å². The van der Waals surface area contributed by atoms with Crippen LogP contribution >= 0.6 is 7.92 Å². The van der Waals surface area contributed by atoms with Crippen LogP contribution in [0.15, 0.2) is 12.2 Å². The topological polar surface area (TPSA) is 0 Å². The van der Waals surface area contributed by atoms with E-state index in [9.17, 15) is 0 Å². The molecule has 0 bridgehead atoms. The van der Waals surface area contributed by atoms with E-state index in [1.165, 1.54) is 25.7 Å². The zero-order valence-corrected chi connectivity index (χ0v) is 10.6. The Bertz CT molecular complexity index is 213. The second kappa shape index (κ2) is 4.35. The maximum Gasteiger partial charge on any atom is -0.00191 e. The van der Waals surface area contributed by atoms with Crippen molar-refractivity contribution in [3.05, 3.63) is 12.2 Å². The number of hydrogen-bond donors (Lipinski definition) is 0. The van der Waals surface area contributed by atoms with Crippen LogP contribution in [0.3, 0.4) is 0 Å². The Morgan fingerprint density at radius 3 is 2.43 bits per heavy atom. The lowest BCUT2D eigenvalue weighted by atomic mass is 10.0. The fourth-order valence-corrected chi connectivity index (χ4v) is 6.96. The minimum absolute atomic E-state index is 0.354. The summed E-state index contributed by atoms with van der Waals surface area (Å²) in [4.78, 5) is 0. The van der Waals surface area contributed by atoms with Crippen LogP contribution in [0, 0.1) is 5.92 Å². The molecule has 1 saturated heterocycles. The van der Waals surface area contributed by atoms with Gasteiger partial charge in [-0.15, -0.1) is 0 Å². The maximum absolute atomic E-state index is 2.55. The van der Waals surface area contributed by atoms with Gasteiger partial charge in [-0.25, -0.2) is 0 Å². The quantitative estimate of drug-likeness (QED) is 0.478. The summed E-state index contributed by atoms with van der Waals surface area (Å²) in [6.07, 6.45) is 10.8. The van der Waals surface area contributed by atoms with E-state index in [2.05, 4.69) is 32.9 Å². The first kappa shape index (κ1) is 10.7. The van der Waals surface area contributed by atoms with Gasteiger partial charge in [-0.2, -0.15) is 0 Å². The van der Waals surface area contributed by atoms with Crippen LogP contribution in [0.2, 0.25) is 0 Å². The Kier molecular flexibility index (Phi) is 3.32. The summed E-state index contributed by atoms with van der Waals surface area (Å²) in [7, 11) is 0.354. The van der Waals surface area contributed by atoms with Gasteiger partial charge in [0.1, 0.15) is 0 Å². The Morgan fingerprint density at radius 1 is 1.14 bits per heavy atom. The molecule has 0 saturated carbocycles. The monoisotopic (exact) mass is 210 g/mol. The molecule has 1 aliphatic heterocycles. The summed E-state index contributed by atoms with van der Waals surface area (Å²) < 4.78 is 0. The molecule has 0 amide bonds. The summed E-state index contributed by atoms with van der Waals surface area (Å²) in [6.45, 7) is 7.24. The van der Waals surface area contributed by atoms with Crippen molar-refractivity contribution in [1.82, 2.24) is 0 Å². The fourth-order valence-electron chi connectivity index (χ4n) is 3.25. The van der Waals surface area contributed by atoms with Crippen LogP contribution in [0.25, 0.3) is 0 Å². The zero-order valence-electron chi connectivity index (χ0n) is 9.74. The van der Waals surface area contributed by atoms with Crippen molar-refractivity contribution in [3.8, 4) is 0 Å². The summed E-state index contributed by atoms with van der Waals surface area (Å²) in [5.74, 6) is 0.924. The first-order valence-corrected chi connectivity index (χ1v) is 7.73. The molecule has 0 N–H and O–H groups in total. The van der Waals surface area contributed by atoms with Gasteiger partial charge in [0.15, 0.2) is 0 Å². The second-order valence-corrected chi connectivity index (χ2v) is 8.44. The molecule has 1 heterocycles. The lowest BCUT2D eigenvalue weighted by molar-refractivity contribution is 0.563. The van der Waals surface area contributed by atoms with Crippen molar-refractivity contribution in [2.45, 2.75) is 63.4 Å². The van der Waals surface area contributed by atoms with E-state index < -0.39 is 0 Å². The average Bonchev–Trinajstić information content (AvgIpc) is 2.53. The Labute approximate surface area is 89.9 Å². The summed E-state index contributed by atoms with van der Waals surface area (Å²) in [5, 5.41) is 0. The van der Waals surface area contributed by atoms with E-state index in [4.69, 9.17) is 0 Å². The smallest absolute Gasteiger partial charge is 0.00191 e. The van der Waals surface area contributed by atoms with Crippen molar-refractivity contribution < 1.29 is 0 Å². The third-order valence-corrected chi connectivity index (χ3v) is 7.50. The van der Waals surface area contributed by atoms with Gasteiger partial charge in [0.2, 0.25) is 0 Å².